The molecule has 36 heavy (non-hydrogen) atoms. The van der Waals surface area contributed by atoms with E-state index in [1.165, 1.54) is 12.1 Å². The van der Waals surface area contributed by atoms with Gasteiger partial charge in [-0.05, 0) is 78.9 Å². The first-order valence-electron chi connectivity index (χ1n) is 10.5. The van der Waals surface area contributed by atoms with Gasteiger partial charge in [-0.25, -0.2) is 13.6 Å². The number of nitrogens with zero attached hydrogens (tertiary/aromatic N) is 1. The lowest BCUT2D eigenvalue weighted by molar-refractivity contribution is 0.0692. The average Bonchev–Trinajstić information content (AvgIpc) is 2.89. The largest absolute Gasteiger partial charge is 0.606 e. The number of anilines is 2. The van der Waals surface area contributed by atoms with Crippen molar-refractivity contribution in [2.75, 3.05) is 11.9 Å². The van der Waals surface area contributed by atoms with Crippen LogP contribution in [0.15, 0.2) is 94.7 Å². The number of hydrogen-bond acceptors (Lipinski definition) is 4. The molecule has 0 aliphatic heterocycles. The van der Waals surface area contributed by atoms with Crippen molar-refractivity contribution < 1.29 is 28.0 Å². The van der Waals surface area contributed by atoms with Crippen molar-refractivity contribution in [2.45, 2.75) is 9.79 Å². The van der Waals surface area contributed by atoms with Crippen LogP contribution in [0.2, 0.25) is 5.02 Å². The first kappa shape index (κ1) is 25.4. The first-order valence-corrected chi connectivity index (χ1v) is 12.1. The van der Waals surface area contributed by atoms with Gasteiger partial charge in [0.1, 0.15) is 5.56 Å². The molecule has 4 rings (SSSR count). The molecule has 0 saturated carbocycles. The lowest BCUT2D eigenvalue weighted by atomic mass is 10.0. The van der Waals surface area contributed by atoms with E-state index in [0.717, 1.165) is 35.6 Å². The molecule has 0 aromatic heterocycles. The number of carboxylic acids is 1. The van der Waals surface area contributed by atoms with Gasteiger partial charge in [-0.2, -0.15) is 0 Å². The quantitative estimate of drug-likeness (QED) is 0.220. The van der Waals surface area contributed by atoms with Crippen LogP contribution in [-0.4, -0.2) is 28.5 Å². The van der Waals surface area contributed by atoms with Crippen molar-refractivity contribution >= 4 is 45.9 Å². The zero-order valence-corrected chi connectivity index (χ0v) is 20.3. The maximum absolute atomic E-state index is 13.6. The van der Waals surface area contributed by atoms with Crippen LogP contribution in [0.25, 0.3) is 0 Å². The molecule has 182 valence electrons. The highest BCUT2D eigenvalue weighted by molar-refractivity contribution is 7.91. The predicted molar refractivity (Wildman–Crippen MR) is 134 cm³/mol. The molecular formula is C27H18ClF2NO4S. The van der Waals surface area contributed by atoms with Crippen molar-refractivity contribution in [1.82, 2.24) is 0 Å². The molecule has 0 aliphatic rings. The van der Waals surface area contributed by atoms with E-state index in [2.05, 4.69) is 0 Å². The Labute approximate surface area is 213 Å². The fourth-order valence-corrected chi connectivity index (χ4v) is 4.86. The van der Waals surface area contributed by atoms with Crippen LogP contribution in [0.4, 0.5) is 20.2 Å². The van der Waals surface area contributed by atoms with Gasteiger partial charge in [0.05, 0.1) is 0 Å². The number of carbonyl (C=O) groups is 2. The third-order valence-corrected chi connectivity index (χ3v) is 7.20. The Morgan fingerprint density at radius 3 is 2.00 bits per heavy atom. The highest BCUT2D eigenvalue weighted by Gasteiger charge is 2.26. The van der Waals surface area contributed by atoms with Crippen molar-refractivity contribution in [3.8, 4) is 0 Å². The zero-order valence-electron chi connectivity index (χ0n) is 18.7. The maximum Gasteiger partial charge on any atom is 0.340 e. The molecule has 4 aromatic carbocycles. The monoisotopic (exact) mass is 525 g/mol. The van der Waals surface area contributed by atoms with Gasteiger partial charge in [0.25, 0.3) is 0 Å². The molecule has 0 heterocycles. The van der Waals surface area contributed by atoms with Crippen LogP contribution in [0.1, 0.15) is 26.3 Å². The second-order valence-electron chi connectivity index (χ2n) is 7.77. The van der Waals surface area contributed by atoms with Gasteiger partial charge in [0, 0.05) is 51.8 Å². The minimum absolute atomic E-state index is 0.0808. The molecule has 5 nitrogen and oxygen atoms in total. The minimum atomic E-state index is -2.10. The van der Waals surface area contributed by atoms with E-state index in [4.69, 9.17) is 11.6 Å². The van der Waals surface area contributed by atoms with Crippen LogP contribution in [0.3, 0.4) is 0 Å². The van der Waals surface area contributed by atoms with Gasteiger partial charge in [0.15, 0.2) is 27.2 Å². The number of rotatable bonds is 7. The molecule has 0 aliphatic carbocycles. The summed E-state index contributed by atoms with van der Waals surface area (Å²) in [5, 5.41) is 10.3. The van der Waals surface area contributed by atoms with E-state index >= 15 is 0 Å². The summed E-state index contributed by atoms with van der Waals surface area (Å²) in [7, 11) is 1.87. The predicted octanol–water partition coefficient (Wildman–Crippen LogP) is 6.48. The summed E-state index contributed by atoms with van der Waals surface area (Å²) in [5.41, 5.74) is 1.75. The molecule has 1 unspecified atom stereocenters. The Hall–Kier alpha value is -3.72. The fourth-order valence-electron chi connectivity index (χ4n) is 3.54. The molecule has 9 heteroatoms. The summed E-state index contributed by atoms with van der Waals surface area (Å²) in [5.74, 6) is -4.14. The molecular weight excluding hydrogens is 508 g/mol. The van der Waals surface area contributed by atoms with E-state index < -0.39 is 34.6 Å². The number of carboxylic acid groups (broad SMARTS) is 1. The standard InChI is InChI=1S/C27H18ClF2NO4S/c1-31(20-9-5-18(28)6-10-20)19-7-2-16(3-8-19)26(32)17-4-13-25(22(14-17)27(33)34)36(35)21-11-12-23(29)24(30)15-21/h2-15H,1H3,(H,33,34). The molecule has 0 fully saturated rings. The Kier molecular flexibility index (Phi) is 7.40. The van der Waals surface area contributed by atoms with Crippen LogP contribution in [0.5, 0.6) is 0 Å². The van der Waals surface area contributed by atoms with Crippen LogP contribution < -0.4 is 4.90 Å². The normalized spacial score (nSPS) is 11.7. The van der Waals surface area contributed by atoms with Crippen LogP contribution in [-0.2, 0) is 11.2 Å². The van der Waals surface area contributed by atoms with E-state index in [0.29, 0.717) is 10.6 Å². The van der Waals surface area contributed by atoms with Gasteiger partial charge in [-0.3, -0.25) is 4.79 Å². The molecule has 0 radical (unpaired) electrons. The van der Waals surface area contributed by atoms with Gasteiger partial charge in [-0.15, -0.1) is 0 Å². The van der Waals surface area contributed by atoms with E-state index in [9.17, 15) is 28.0 Å². The smallest absolute Gasteiger partial charge is 0.340 e. The van der Waals surface area contributed by atoms with Gasteiger partial charge in [-0.1, -0.05) is 11.6 Å². The third-order valence-electron chi connectivity index (χ3n) is 5.51. The zero-order chi connectivity index (χ0) is 26.0. The molecule has 4 aromatic rings. The van der Waals surface area contributed by atoms with E-state index in [1.807, 2.05) is 24.1 Å². The lowest BCUT2D eigenvalue weighted by Gasteiger charge is -2.19. The first-order chi connectivity index (χ1) is 17.2. The average molecular weight is 526 g/mol. The Balaban J connectivity index is 1.60. The molecule has 0 amide bonds. The Bertz CT molecular complexity index is 1450. The van der Waals surface area contributed by atoms with Crippen molar-refractivity contribution in [2.24, 2.45) is 0 Å². The minimum Gasteiger partial charge on any atom is -0.606 e. The van der Waals surface area contributed by atoms with Crippen molar-refractivity contribution in [3.05, 3.63) is 118 Å². The fraction of sp³-hybridized carbons (Fsp3) is 0.0370. The summed E-state index contributed by atoms with van der Waals surface area (Å²) >= 11 is 3.83. The Morgan fingerprint density at radius 2 is 1.42 bits per heavy atom. The number of benzene rings is 4. The van der Waals surface area contributed by atoms with E-state index in [1.54, 1.807) is 36.4 Å². The van der Waals surface area contributed by atoms with Crippen LogP contribution in [0, 0.1) is 11.6 Å². The number of carbonyl (C=O) groups excluding carboxylic acids is 1. The third kappa shape index (κ3) is 5.26. The Morgan fingerprint density at radius 1 is 0.833 bits per heavy atom. The van der Waals surface area contributed by atoms with Gasteiger partial charge in [0.2, 0.25) is 0 Å². The van der Waals surface area contributed by atoms with Gasteiger partial charge < -0.3 is 14.6 Å². The highest BCUT2D eigenvalue weighted by atomic mass is 35.5. The van der Waals surface area contributed by atoms with Gasteiger partial charge >= 0.3 is 5.97 Å². The SMILES string of the molecule is CN(c1ccc(Cl)cc1)c1ccc(C(=O)c2ccc([S+]([O-])c3ccc(F)c(F)c3)c(C(=O)O)c2)cc1. The summed E-state index contributed by atoms with van der Waals surface area (Å²) in [6, 6.07) is 20.4. The van der Waals surface area contributed by atoms with Crippen molar-refractivity contribution in [1.29, 1.82) is 0 Å². The number of halogens is 3. The second kappa shape index (κ2) is 10.5. The van der Waals surface area contributed by atoms with Crippen molar-refractivity contribution in [3.63, 3.8) is 0 Å². The van der Waals surface area contributed by atoms with Crippen LogP contribution >= 0.6 is 11.6 Å². The molecule has 1 atom stereocenters. The number of aromatic carboxylic acids is 1. The molecule has 0 bridgehead atoms. The summed E-state index contributed by atoms with van der Waals surface area (Å²) < 4.78 is 39.7. The van der Waals surface area contributed by atoms with E-state index in [-0.39, 0.29) is 20.9 Å². The summed E-state index contributed by atoms with van der Waals surface area (Å²) in [4.78, 5) is 26.6. The molecule has 0 spiro atoms. The summed E-state index contributed by atoms with van der Waals surface area (Å²) in [6.07, 6.45) is 0. The molecule has 0 saturated heterocycles. The topological polar surface area (TPSA) is 80.7 Å². The summed E-state index contributed by atoms with van der Waals surface area (Å²) in [6.45, 7) is 0. The second-order valence-corrected chi connectivity index (χ2v) is 9.66. The lowest BCUT2D eigenvalue weighted by Crippen LogP contribution is -2.13. The molecule has 1 N–H and O–H groups in total. The maximum atomic E-state index is 13.6. The highest BCUT2D eigenvalue weighted by Crippen LogP contribution is 2.28. The number of hydrogen-bond donors (Lipinski definition) is 1. The number of ketones is 1.